The first-order valence-electron chi connectivity index (χ1n) is 13.9. The van der Waals surface area contributed by atoms with Crippen LogP contribution in [0.5, 0.6) is 0 Å². The maximum atomic E-state index is 12.6. The van der Waals surface area contributed by atoms with E-state index >= 15 is 0 Å². The molecule has 35 heavy (non-hydrogen) atoms. The van der Waals surface area contributed by atoms with Crippen LogP contribution in [-0.4, -0.2) is 37.1 Å². The Morgan fingerprint density at radius 2 is 1.74 bits per heavy atom. The second-order valence-electron chi connectivity index (χ2n) is 13.1. The minimum Gasteiger partial charge on any atom is -0.456 e. The third kappa shape index (κ3) is 4.30. The zero-order chi connectivity index (χ0) is 25.8. The Balaban J connectivity index is 1.67. The van der Waals surface area contributed by atoms with Crippen molar-refractivity contribution in [3.63, 3.8) is 0 Å². The molecule has 0 aliphatic heterocycles. The van der Waals surface area contributed by atoms with Crippen LogP contribution in [0.2, 0.25) is 0 Å². The molecule has 0 unspecified atom stereocenters. The molecule has 5 nitrogen and oxygen atoms in total. The molecular formula is C30H48N2O3. The van der Waals surface area contributed by atoms with Gasteiger partial charge in [0.05, 0.1) is 6.04 Å². The van der Waals surface area contributed by atoms with E-state index in [2.05, 4.69) is 51.5 Å². The summed E-state index contributed by atoms with van der Waals surface area (Å²) in [6, 6.07) is 0.371. The summed E-state index contributed by atoms with van der Waals surface area (Å²) in [4.78, 5) is 24.8. The minimum atomic E-state index is -0.376. The van der Waals surface area contributed by atoms with Gasteiger partial charge in [-0.3, -0.25) is 9.59 Å². The number of carbonyl (C=O) groups is 2. The first-order chi connectivity index (χ1) is 16.4. The van der Waals surface area contributed by atoms with Gasteiger partial charge in [-0.1, -0.05) is 32.4 Å². The SMILES string of the molecule is CN[C@@H](C)[C@H]1CC[C@H]2[C@]1(C)CC[C@@H]1[C@@]2(C)CC=C2[C@@H](OC(C)=O)[C@@H](NC(=O)C=C(C)C)CC[C@@]21C. The molecule has 4 aliphatic carbocycles. The van der Waals surface area contributed by atoms with E-state index in [0.29, 0.717) is 23.3 Å². The van der Waals surface area contributed by atoms with Crippen molar-refractivity contribution >= 4 is 11.9 Å². The van der Waals surface area contributed by atoms with Crippen LogP contribution in [0.1, 0.15) is 93.4 Å². The molecule has 0 bridgehead atoms. The number of esters is 1. The standard InChI is InChI=1S/C30H48N2O3/c1-18(2)17-26(34)32-23-12-15-29(6)22(27(23)35-20(4)33)11-14-30(7)24-10-9-21(19(3)31-8)28(24,5)16-13-25(29)30/h11,17,19,21,23-25,27,31H,9-10,12-16H2,1-8H3,(H,32,34)/t19-,21+,23-,24-,25-,27+,28+,29-,30-/m0/s1. The van der Waals surface area contributed by atoms with Gasteiger partial charge in [-0.15, -0.1) is 0 Å². The van der Waals surface area contributed by atoms with E-state index in [1.807, 2.05) is 13.8 Å². The van der Waals surface area contributed by atoms with E-state index in [1.54, 1.807) is 6.08 Å². The van der Waals surface area contributed by atoms with E-state index < -0.39 is 0 Å². The van der Waals surface area contributed by atoms with Crippen LogP contribution in [0.3, 0.4) is 0 Å². The number of ether oxygens (including phenoxy) is 1. The molecule has 0 radical (unpaired) electrons. The minimum absolute atomic E-state index is 0.00110. The lowest BCUT2D eigenvalue weighted by Crippen LogP contribution is -2.60. The molecule has 0 aromatic rings. The summed E-state index contributed by atoms with van der Waals surface area (Å²) in [5.41, 5.74) is 2.85. The monoisotopic (exact) mass is 484 g/mol. The summed E-state index contributed by atoms with van der Waals surface area (Å²) in [6.07, 6.45) is 11.7. The predicted molar refractivity (Wildman–Crippen MR) is 141 cm³/mol. The van der Waals surface area contributed by atoms with Gasteiger partial charge >= 0.3 is 5.97 Å². The maximum absolute atomic E-state index is 12.6. The Labute approximate surface area is 212 Å². The molecule has 9 atom stereocenters. The van der Waals surface area contributed by atoms with Crippen LogP contribution in [0, 0.1) is 34.0 Å². The molecule has 3 fully saturated rings. The van der Waals surface area contributed by atoms with E-state index in [9.17, 15) is 9.59 Å². The van der Waals surface area contributed by atoms with Gasteiger partial charge in [0.2, 0.25) is 5.91 Å². The molecule has 0 heterocycles. The summed E-state index contributed by atoms with van der Waals surface area (Å²) >= 11 is 0. The number of hydrogen-bond donors (Lipinski definition) is 2. The average Bonchev–Trinajstić information content (AvgIpc) is 3.12. The van der Waals surface area contributed by atoms with E-state index in [4.69, 9.17) is 4.74 Å². The van der Waals surface area contributed by atoms with Gasteiger partial charge in [-0.25, -0.2) is 0 Å². The zero-order valence-corrected chi connectivity index (χ0v) is 23.3. The highest BCUT2D eigenvalue weighted by Crippen LogP contribution is 2.71. The highest BCUT2D eigenvalue weighted by atomic mass is 16.5. The number of fused-ring (bicyclic) bond motifs is 5. The molecule has 4 rings (SSSR count). The summed E-state index contributed by atoms with van der Waals surface area (Å²) in [6.45, 7) is 15.3. The molecule has 196 valence electrons. The lowest BCUT2D eigenvalue weighted by molar-refractivity contribution is -0.153. The Hall–Kier alpha value is -1.62. The largest absolute Gasteiger partial charge is 0.456 e. The fraction of sp³-hybridized carbons (Fsp3) is 0.800. The van der Waals surface area contributed by atoms with Crippen molar-refractivity contribution < 1.29 is 14.3 Å². The first kappa shape index (κ1) is 26.4. The molecule has 3 saturated carbocycles. The first-order valence-corrected chi connectivity index (χ1v) is 13.9. The van der Waals surface area contributed by atoms with Crippen LogP contribution in [0.15, 0.2) is 23.3 Å². The Kier molecular flexibility index (Phi) is 7.07. The molecule has 1 amide bonds. The number of nitrogens with one attached hydrogen (secondary N) is 2. The highest BCUT2D eigenvalue weighted by molar-refractivity contribution is 5.88. The normalized spacial score (nSPS) is 43.1. The molecule has 0 aromatic heterocycles. The van der Waals surface area contributed by atoms with Gasteiger partial charge < -0.3 is 15.4 Å². The molecule has 2 N–H and O–H groups in total. The summed E-state index contributed by atoms with van der Waals surface area (Å²) in [5, 5.41) is 6.72. The van der Waals surface area contributed by atoms with Crippen LogP contribution >= 0.6 is 0 Å². The lowest BCUT2D eigenvalue weighted by Gasteiger charge is -2.64. The Morgan fingerprint density at radius 3 is 2.37 bits per heavy atom. The van der Waals surface area contributed by atoms with Crippen molar-refractivity contribution in [3.05, 3.63) is 23.3 Å². The second-order valence-corrected chi connectivity index (χ2v) is 13.1. The quantitative estimate of drug-likeness (QED) is 0.305. The lowest BCUT2D eigenvalue weighted by atomic mass is 9.41. The van der Waals surface area contributed by atoms with Crippen molar-refractivity contribution in [2.24, 2.45) is 34.0 Å². The van der Waals surface area contributed by atoms with Gasteiger partial charge in [0.1, 0.15) is 6.10 Å². The van der Waals surface area contributed by atoms with Gasteiger partial charge in [-0.05, 0) is 112 Å². The van der Waals surface area contributed by atoms with Crippen molar-refractivity contribution in [3.8, 4) is 0 Å². The molecule has 0 spiro atoms. The smallest absolute Gasteiger partial charge is 0.303 e. The molecule has 0 aromatic carbocycles. The van der Waals surface area contributed by atoms with Gasteiger partial charge in [0.25, 0.3) is 0 Å². The van der Waals surface area contributed by atoms with Crippen molar-refractivity contribution in [1.82, 2.24) is 10.6 Å². The van der Waals surface area contributed by atoms with Crippen LogP contribution in [-0.2, 0) is 14.3 Å². The number of rotatable bonds is 5. The number of amides is 1. The van der Waals surface area contributed by atoms with Crippen LogP contribution in [0.4, 0.5) is 0 Å². The maximum Gasteiger partial charge on any atom is 0.303 e. The third-order valence-corrected chi connectivity index (χ3v) is 10.9. The number of carbonyl (C=O) groups excluding carboxylic acids is 2. The van der Waals surface area contributed by atoms with Crippen molar-refractivity contribution in [2.75, 3.05) is 7.05 Å². The highest BCUT2D eigenvalue weighted by Gasteiger charge is 2.65. The molecule has 0 saturated heterocycles. The summed E-state index contributed by atoms with van der Waals surface area (Å²) < 4.78 is 5.98. The van der Waals surface area contributed by atoms with Crippen LogP contribution < -0.4 is 10.6 Å². The van der Waals surface area contributed by atoms with E-state index in [0.717, 1.165) is 30.8 Å². The van der Waals surface area contributed by atoms with Crippen molar-refractivity contribution in [1.29, 1.82) is 0 Å². The summed E-state index contributed by atoms with van der Waals surface area (Å²) in [5.74, 6) is 1.64. The zero-order valence-electron chi connectivity index (χ0n) is 23.3. The predicted octanol–water partition coefficient (Wildman–Crippen LogP) is 5.56. The second kappa shape index (κ2) is 9.36. The van der Waals surface area contributed by atoms with Crippen molar-refractivity contribution in [2.45, 2.75) is 112 Å². The van der Waals surface area contributed by atoms with Crippen LogP contribution in [0.25, 0.3) is 0 Å². The fourth-order valence-corrected chi connectivity index (χ4v) is 9.39. The summed E-state index contributed by atoms with van der Waals surface area (Å²) in [7, 11) is 2.11. The Bertz CT molecular complexity index is 921. The average molecular weight is 485 g/mol. The van der Waals surface area contributed by atoms with E-state index in [-0.39, 0.29) is 34.9 Å². The fourth-order valence-electron chi connectivity index (χ4n) is 9.39. The molecule has 4 aliphatic rings. The van der Waals surface area contributed by atoms with Gasteiger partial charge in [-0.2, -0.15) is 0 Å². The molecular weight excluding hydrogens is 436 g/mol. The topological polar surface area (TPSA) is 67.4 Å². The van der Waals surface area contributed by atoms with Gasteiger partial charge in [0.15, 0.2) is 0 Å². The molecule has 5 heteroatoms. The third-order valence-electron chi connectivity index (χ3n) is 10.9. The Morgan fingerprint density at radius 1 is 1.03 bits per heavy atom. The van der Waals surface area contributed by atoms with E-state index in [1.165, 1.54) is 38.2 Å². The van der Waals surface area contributed by atoms with Gasteiger partial charge in [0, 0.05) is 19.0 Å². The number of hydrogen-bond acceptors (Lipinski definition) is 4. The number of allylic oxidation sites excluding steroid dienone is 2.